The number of piperazine rings is 1. The van der Waals surface area contributed by atoms with E-state index in [4.69, 9.17) is 11.6 Å². The molecular weight excluding hydrogens is 275 g/mol. The molecule has 1 aliphatic heterocycles. The predicted molar refractivity (Wildman–Crippen MR) is 69.1 cm³/mol. The molecule has 0 aliphatic carbocycles. The van der Waals surface area contributed by atoms with Gasteiger partial charge in [-0.2, -0.15) is 0 Å². The molecule has 2 rings (SSSR count). The van der Waals surface area contributed by atoms with Gasteiger partial charge in [0.1, 0.15) is 0 Å². The van der Waals surface area contributed by atoms with Crippen molar-refractivity contribution < 1.29 is 0 Å². The fourth-order valence-corrected chi connectivity index (χ4v) is 2.67. The zero-order valence-electron chi connectivity index (χ0n) is 8.63. The van der Waals surface area contributed by atoms with Crippen LogP contribution in [-0.2, 0) is 0 Å². The van der Waals surface area contributed by atoms with E-state index in [1.54, 1.807) is 0 Å². The van der Waals surface area contributed by atoms with E-state index in [0.717, 1.165) is 30.3 Å². The summed E-state index contributed by atoms with van der Waals surface area (Å²) in [6.07, 6.45) is 0. The zero-order chi connectivity index (χ0) is 10.8. The number of nitrogens with zero attached hydrogens (tertiary/aromatic N) is 1. The third-order valence-electron chi connectivity index (χ3n) is 2.59. The monoisotopic (exact) mass is 288 g/mol. The molecule has 1 unspecified atom stereocenters. The minimum absolute atomic E-state index is 0.325. The smallest absolute Gasteiger partial charge is 0.0970 e. The number of hydrogen-bond acceptors (Lipinski definition) is 2. The summed E-state index contributed by atoms with van der Waals surface area (Å²) in [7, 11) is 0. The highest BCUT2D eigenvalue weighted by atomic mass is 79.9. The van der Waals surface area contributed by atoms with Gasteiger partial charge in [0.2, 0.25) is 0 Å². The maximum atomic E-state index is 6.21. The summed E-state index contributed by atoms with van der Waals surface area (Å²) in [6.45, 7) is 5.03. The molecular formula is C11H14BrClN2. The maximum absolute atomic E-state index is 6.21. The number of rotatable bonds is 1. The van der Waals surface area contributed by atoms with E-state index in [-0.39, 0.29) is 0 Å². The van der Waals surface area contributed by atoms with E-state index >= 15 is 0 Å². The van der Waals surface area contributed by atoms with Gasteiger partial charge in [0.15, 0.2) is 0 Å². The normalized spacial score (nSPS) is 21.8. The van der Waals surface area contributed by atoms with Crippen LogP contribution < -0.4 is 10.2 Å². The van der Waals surface area contributed by atoms with Crippen molar-refractivity contribution in [2.75, 3.05) is 24.5 Å². The van der Waals surface area contributed by atoms with Crippen LogP contribution in [0.5, 0.6) is 0 Å². The van der Waals surface area contributed by atoms with E-state index < -0.39 is 0 Å². The highest BCUT2D eigenvalue weighted by Gasteiger charge is 2.21. The van der Waals surface area contributed by atoms with Crippen LogP contribution in [0.2, 0.25) is 5.02 Å². The van der Waals surface area contributed by atoms with E-state index in [9.17, 15) is 0 Å². The largest absolute Gasteiger partial charge is 0.355 e. The molecule has 1 N–H and O–H groups in total. The third kappa shape index (κ3) is 2.47. The second-order valence-corrected chi connectivity index (χ2v) is 5.25. The fraction of sp³-hybridized carbons (Fsp3) is 0.455. The van der Waals surface area contributed by atoms with Crippen LogP contribution in [0.15, 0.2) is 18.2 Å². The van der Waals surface area contributed by atoms with E-state index in [2.05, 4.69) is 39.1 Å². The van der Waals surface area contributed by atoms with Crippen molar-refractivity contribution in [3.63, 3.8) is 0 Å². The Morgan fingerprint density at radius 1 is 1.53 bits per heavy atom. The third-order valence-corrected chi connectivity index (χ3v) is 3.73. The zero-order valence-corrected chi connectivity index (χ0v) is 11.0. The number of anilines is 1. The molecule has 4 heteroatoms. The number of nitrogens with one attached hydrogen (secondary N) is 1. The Morgan fingerprint density at radius 2 is 2.33 bits per heavy atom. The second-order valence-electron chi connectivity index (χ2n) is 3.79. The highest BCUT2D eigenvalue weighted by molar-refractivity contribution is 9.09. The first-order valence-electron chi connectivity index (χ1n) is 5.06. The van der Waals surface area contributed by atoms with Crippen molar-refractivity contribution in [2.45, 2.75) is 11.9 Å². The average Bonchev–Trinajstić information content (AvgIpc) is 2.23. The molecule has 0 spiro atoms. The fourth-order valence-electron chi connectivity index (χ4n) is 1.79. The summed E-state index contributed by atoms with van der Waals surface area (Å²) >= 11 is 9.87. The molecule has 0 aromatic heterocycles. The molecule has 1 heterocycles. The molecule has 0 amide bonds. The second kappa shape index (κ2) is 4.73. The van der Waals surface area contributed by atoms with E-state index in [1.807, 2.05) is 12.1 Å². The van der Waals surface area contributed by atoms with Crippen LogP contribution in [0, 0.1) is 6.92 Å². The molecule has 1 saturated heterocycles. The number of hydrogen-bond donors (Lipinski definition) is 1. The van der Waals surface area contributed by atoms with Crippen molar-refractivity contribution >= 4 is 33.2 Å². The SMILES string of the molecule is Cc1ccc(Cl)c(N2CCNCC2Br)c1. The molecule has 0 radical (unpaired) electrons. The Bertz CT molecular complexity index is 356. The van der Waals surface area contributed by atoms with Gasteiger partial charge in [-0.05, 0) is 24.6 Å². The average molecular weight is 290 g/mol. The Morgan fingerprint density at radius 3 is 3.07 bits per heavy atom. The summed E-state index contributed by atoms with van der Waals surface area (Å²) in [5, 5.41) is 4.16. The Balaban J connectivity index is 2.30. The molecule has 1 atom stereocenters. The van der Waals surface area contributed by atoms with Gasteiger partial charge in [0.25, 0.3) is 0 Å². The summed E-state index contributed by atoms with van der Waals surface area (Å²) < 4.78 is 0. The maximum Gasteiger partial charge on any atom is 0.0970 e. The van der Waals surface area contributed by atoms with Gasteiger partial charge in [-0.15, -0.1) is 0 Å². The standard InChI is InChI=1S/C11H14BrClN2/c1-8-2-3-9(13)10(6-8)15-5-4-14-7-11(15)12/h2-3,6,11,14H,4-5,7H2,1H3. The van der Waals surface area contributed by atoms with Crippen molar-refractivity contribution in [3.05, 3.63) is 28.8 Å². The van der Waals surface area contributed by atoms with Gasteiger partial charge < -0.3 is 10.2 Å². The van der Waals surface area contributed by atoms with E-state index in [1.165, 1.54) is 5.56 Å². The molecule has 15 heavy (non-hydrogen) atoms. The van der Waals surface area contributed by atoms with Crippen molar-refractivity contribution in [1.29, 1.82) is 0 Å². The van der Waals surface area contributed by atoms with Crippen LogP contribution in [0.25, 0.3) is 0 Å². The molecule has 1 aromatic rings. The van der Waals surface area contributed by atoms with Crippen molar-refractivity contribution in [1.82, 2.24) is 5.32 Å². The first-order valence-corrected chi connectivity index (χ1v) is 6.35. The van der Waals surface area contributed by atoms with Crippen LogP contribution in [0.1, 0.15) is 5.56 Å². The molecule has 1 aliphatic rings. The predicted octanol–water partition coefficient (Wildman–Crippen LogP) is 2.78. The lowest BCUT2D eigenvalue weighted by atomic mass is 10.2. The number of aryl methyl sites for hydroxylation is 1. The summed E-state index contributed by atoms with van der Waals surface area (Å²) in [4.78, 5) is 2.62. The van der Waals surface area contributed by atoms with Gasteiger partial charge in [-0.3, -0.25) is 0 Å². The van der Waals surface area contributed by atoms with Crippen LogP contribution in [0.4, 0.5) is 5.69 Å². The molecule has 0 saturated carbocycles. The van der Waals surface area contributed by atoms with Crippen LogP contribution in [0.3, 0.4) is 0 Å². The summed E-state index contributed by atoms with van der Waals surface area (Å²) in [6, 6.07) is 6.15. The number of halogens is 2. The Hall–Kier alpha value is -0.250. The summed E-state index contributed by atoms with van der Waals surface area (Å²) in [5.74, 6) is 0. The lowest BCUT2D eigenvalue weighted by molar-refractivity contribution is 0.569. The number of benzene rings is 1. The topological polar surface area (TPSA) is 15.3 Å². The minimum atomic E-state index is 0.325. The van der Waals surface area contributed by atoms with Crippen molar-refractivity contribution in [3.8, 4) is 0 Å². The molecule has 2 nitrogen and oxygen atoms in total. The van der Waals surface area contributed by atoms with Gasteiger partial charge in [-0.25, -0.2) is 0 Å². The number of alkyl halides is 1. The molecule has 0 bridgehead atoms. The molecule has 82 valence electrons. The van der Waals surface area contributed by atoms with E-state index in [0.29, 0.717) is 4.95 Å². The first kappa shape index (κ1) is 11.2. The Labute approximate surface area is 104 Å². The van der Waals surface area contributed by atoms with Gasteiger partial charge in [0, 0.05) is 19.6 Å². The minimum Gasteiger partial charge on any atom is -0.355 e. The van der Waals surface area contributed by atoms with Gasteiger partial charge in [-0.1, -0.05) is 33.6 Å². The summed E-state index contributed by atoms with van der Waals surface area (Å²) in [5.41, 5.74) is 2.37. The quantitative estimate of drug-likeness (QED) is 0.632. The lowest BCUT2D eigenvalue weighted by Crippen LogP contribution is -2.48. The molecule has 1 fully saturated rings. The van der Waals surface area contributed by atoms with Gasteiger partial charge in [0.05, 0.1) is 15.7 Å². The van der Waals surface area contributed by atoms with Crippen LogP contribution >= 0.6 is 27.5 Å². The first-order chi connectivity index (χ1) is 7.18. The Kier molecular flexibility index (Phi) is 3.54. The van der Waals surface area contributed by atoms with Crippen LogP contribution in [-0.4, -0.2) is 24.6 Å². The lowest BCUT2D eigenvalue weighted by Gasteiger charge is -2.35. The van der Waals surface area contributed by atoms with Gasteiger partial charge >= 0.3 is 0 Å². The van der Waals surface area contributed by atoms with Crippen molar-refractivity contribution in [2.24, 2.45) is 0 Å². The highest BCUT2D eigenvalue weighted by Crippen LogP contribution is 2.30. The molecule has 1 aromatic carbocycles.